The summed E-state index contributed by atoms with van der Waals surface area (Å²) in [4.78, 5) is 25.9. The van der Waals surface area contributed by atoms with Crippen molar-refractivity contribution in [2.45, 2.75) is 39.7 Å². The number of hydrogen-bond acceptors (Lipinski definition) is 2. The van der Waals surface area contributed by atoms with Gasteiger partial charge in [0.15, 0.2) is 0 Å². The highest BCUT2D eigenvalue weighted by molar-refractivity contribution is 5.99. The van der Waals surface area contributed by atoms with Crippen molar-refractivity contribution < 1.29 is 9.59 Å². The molecular formula is C21H26N2O2. The van der Waals surface area contributed by atoms with Gasteiger partial charge in [0.05, 0.1) is 5.54 Å². The van der Waals surface area contributed by atoms with Gasteiger partial charge < -0.3 is 0 Å². The second-order valence-corrected chi connectivity index (χ2v) is 7.03. The van der Waals surface area contributed by atoms with Crippen LogP contribution in [0.15, 0.2) is 54.6 Å². The van der Waals surface area contributed by atoms with E-state index in [-0.39, 0.29) is 11.8 Å². The Morgan fingerprint density at radius 3 is 1.84 bits per heavy atom. The van der Waals surface area contributed by atoms with E-state index in [2.05, 4.69) is 6.92 Å². The van der Waals surface area contributed by atoms with Crippen LogP contribution in [-0.4, -0.2) is 34.4 Å². The van der Waals surface area contributed by atoms with E-state index in [1.165, 1.54) is 15.6 Å². The second kappa shape index (κ2) is 7.51. The minimum absolute atomic E-state index is 0.193. The minimum Gasteiger partial charge on any atom is -0.267 e. The fourth-order valence-electron chi connectivity index (χ4n) is 2.75. The lowest BCUT2D eigenvalue weighted by atomic mass is 10.0. The zero-order valence-corrected chi connectivity index (χ0v) is 15.6. The lowest BCUT2D eigenvalue weighted by Crippen LogP contribution is -2.56. The first-order chi connectivity index (χ1) is 11.8. The lowest BCUT2D eigenvalue weighted by Gasteiger charge is -2.41. The number of aryl methyl sites for hydroxylation is 1. The zero-order valence-electron chi connectivity index (χ0n) is 15.6. The Morgan fingerprint density at radius 2 is 1.36 bits per heavy atom. The molecule has 0 aliphatic rings. The number of carbonyl (C=O) groups is 2. The van der Waals surface area contributed by atoms with Crippen LogP contribution in [0.1, 0.15) is 54.0 Å². The van der Waals surface area contributed by atoms with E-state index in [1.54, 1.807) is 19.2 Å². The zero-order chi connectivity index (χ0) is 18.6. The van der Waals surface area contributed by atoms with E-state index >= 15 is 0 Å². The summed E-state index contributed by atoms with van der Waals surface area (Å²) in [5, 5.41) is 2.93. The van der Waals surface area contributed by atoms with E-state index < -0.39 is 5.54 Å². The summed E-state index contributed by atoms with van der Waals surface area (Å²) in [5.74, 6) is -0.406. The Labute approximate surface area is 150 Å². The number of nitrogens with zero attached hydrogens (tertiary/aromatic N) is 2. The molecule has 0 aromatic heterocycles. The Hall–Kier alpha value is -2.62. The van der Waals surface area contributed by atoms with Crippen LogP contribution in [0.3, 0.4) is 0 Å². The monoisotopic (exact) mass is 338 g/mol. The molecule has 0 aliphatic heterocycles. The van der Waals surface area contributed by atoms with Gasteiger partial charge in [-0.3, -0.25) is 9.59 Å². The summed E-state index contributed by atoms with van der Waals surface area (Å²) in [6, 6.07) is 16.5. The number of carbonyl (C=O) groups excluding carboxylic acids is 2. The van der Waals surface area contributed by atoms with Crippen LogP contribution in [0.5, 0.6) is 0 Å². The average Bonchev–Trinajstić information content (AvgIpc) is 2.60. The molecule has 2 amide bonds. The Morgan fingerprint density at radius 1 is 0.840 bits per heavy atom. The molecule has 0 N–H and O–H groups in total. The van der Waals surface area contributed by atoms with Gasteiger partial charge in [0.1, 0.15) is 0 Å². The summed E-state index contributed by atoms with van der Waals surface area (Å²) in [6.45, 7) is 7.82. The van der Waals surface area contributed by atoms with Crippen LogP contribution in [0, 0.1) is 0 Å². The Bertz CT molecular complexity index is 731. The smallest absolute Gasteiger partial charge is 0.267 e. The first kappa shape index (κ1) is 18.7. The van der Waals surface area contributed by atoms with E-state index in [9.17, 15) is 9.59 Å². The molecule has 0 fully saturated rings. The molecule has 0 atom stereocenters. The highest BCUT2D eigenvalue weighted by Gasteiger charge is 2.33. The number of rotatable bonds is 3. The molecule has 2 rings (SSSR count). The van der Waals surface area contributed by atoms with E-state index in [0.29, 0.717) is 11.1 Å². The van der Waals surface area contributed by atoms with Crippen molar-refractivity contribution in [1.29, 1.82) is 0 Å². The quantitative estimate of drug-likeness (QED) is 0.788. The summed E-state index contributed by atoms with van der Waals surface area (Å²) in [7, 11) is 1.64. The van der Waals surface area contributed by atoms with Crippen LogP contribution < -0.4 is 0 Å². The van der Waals surface area contributed by atoms with Gasteiger partial charge >= 0.3 is 0 Å². The average molecular weight is 338 g/mol. The molecule has 0 heterocycles. The number of hydrogen-bond donors (Lipinski definition) is 0. The molecule has 0 aliphatic carbocycles. The summed E-state index contributed by atoms with van der Waals surface area (Å²) < 4.78 is 0. The van der Waals surface area contributed by atoms with Gasteiger partial charge in [-0.05, 0) is 57.0 Å². The SMILES string of the molecule is CCc1ccc(C(=O)N(N(C)C(=O)c2ccccc2)C(C)(C)C)cc1. The van der Waals surface area contributed by atoms with Crippen molar-refractivity contribution in [2.24, 2.45) is 0 Å². The molecule has 0 bridgehead atoms. The maximum Gasteiger partial charge on any atom is 0.272 e. The Balaban J connectivity index is 2.35. The third-order valence-electron chi connectivity index (χ3n) is 4.05. The topological polar surface area (TPSA) is 40.6 Å². The maximum atomic E-state index is 13.1. The number of hydrazine groups is 1. The number of benzene rings is 2. The molecule has 0 saturated carbocycles. The molecule has 2 aromatic rings. The van der Waals surface area contributed by atoms with E-state index in [0.717, 1.165) is 6.42 Å². The molecule has 132 valence electrons. The fourth-order valence-corrected chi connectivity index (χ4v) is 2.75. The van der Waals surface area contributed by atoms with Crippen LogP contribution in [0.4, 0.5) is 0 Å². The summed E-state index contributed by atoms with van der Waals surface area (Å²) >= 11 is 0. The maximum absolute atomic E-state index is 13.1. The Kier molecular flexibility index (Phi) is 5.62. The van der Waals surface area contributed by atoms with Gasteiger partial charge in [0.25, 0.3) is 11.8 Å². The second-order valence-electron chi connectivity index (χ2n) is 7.03. The standard InChI is InChI=1S/C21H26N2O2/c1-6-16-12-14-18(15-13-16)20(25)23(21(2,3)4)22(5)19(24)17-10-8-7-9-11-17/h7-15H,6H2,1-5H3. The van der Waals surface area contributed by atoms with Crippen molar-refractivity contribution in [3.63, 3.8) is 0 Å². The van der Waals surface area contributed by atoms with Crippen LogP contribution in [-0.2, 0) is 6.42 Å². The van der Waals surface area contributed by atoms with Crippen LogP contribution in [0.2, 0.25) is 0 Å². The molecule has 2 aromatic carbocycles. The molecule has 0 unspecified atom stereocenters. The molecular weight excluding hydrogens is 312 g/mol. The highest BCUT2D eigenvalue weighted by Crippen LogP contribution is 2.21. The predicted molar refractivity (Wildman–Crippen MR) is 100 cm³/mol. The van der Waals surface area contributed by atoms with Crippen molar-refractivity contribution in [3.8, 4) is 0 Å². The van der Waals surface area contributed by atoms with Crippen molar-refractivity contribution in [3.05, 3.63) is 71.3 Å². The molecule has 4 nitrogen and oxygen atoms in total. The summed E-state index contributed by atoms with van der Waals surface area (Å²) in [5.41, 5.74) is 1.75. The molecule has 4 heteroatoms. The molecule has 25 heavy (non-hydrogen) atoms. The minimum atomic E-state index is -0.542. The lowest BCUT2D eigenvalue weighted by molar-refractivity contribution is -0.0308. The molecule has 0 saturated heterocycles. The van der Waals surface area contributed by atoms with Gasteiger partial charge in [-0.15, -0.1) is 0 Å². The fraction of sp³-hybridized carbons (Fsp3) is 0.333. The van der Waals surface area contributed by atoms with Crippen LogP contribution in [0.25, 0.3) is 0 Å². The van der Waals surface area contributed by atoms with Crippen molar-refractivity contribution in [1.82, 2.24) is 10.0 Å². The van der Waals surface area contributed by atoms with E-state index in [4.69, 9.17) is 0 Å². The first-order valence-electron chi connectivity index (χ1n) is 8.52. The van der Waals surface area contributed by atoms with Crippen LogP contribution >= 0.6 is 0 Å². The van der Waals surface area contributed by atoms with Crippen molar-refractivity contribution in [2.75, 3.05) is 7.05 Å². The van der Waals surface area contributed by atoms with E-state index in [1.807, 2.05) is 63.2 Å². The van der Waals surface area contributed by atoms with Gasteiger partial charge in [-0.25, -0.2) is 10.0 Å². The molecule has 0 spiro atoms. The predicted octanol–water partition coefficient (Wildman–Crippen LogP) is 4.18. The van der Waals surface area contributed by atoms with Gasteiger partial charge in [-0.1, -0.05) is 37.3 Å². The van der Waals surface area contributed by atoms with Gasteiger partial charge in [0, 0.05) is 18.2 Å². The van der Waals surface area contributed by atoms with Crippen molar-refractivity contribution >= 4 is 11.8 Å². The van der Waals surface area contributed by atoms with Gasteiger partial charge in [0.2, 0.25) is 0 Å². The molecule has 0 radical (unpaired) electrons. The third kappa shape index (κ3) is 4.27. The largest absolute Gasteiger partial charge is 0.272 e. The first-order valence-corrected chi connectivity index (χ1v) is 8.52. The number of amides is 2. The van der Waals surface area contributed by atoms with Gasteiger partial charge in [-0.2, -0.15) is 0 Å². The highest BCUT2D eigenvalue weighted by atomic mass is 16.2. The third-order valence-corrected chi connectivity index (χ3v) is 4.05. The normalized spacial score (nSPS) is 11.1. The summed E-state index contributed by atoms with van der Waals surface area (Å²) in [6.07, 6.45) is 0.920.